The van der Waals surface area contributed by atoms with Gasteiger partial charge in [0, 0.05) is 24.8 Å². The average Bonchev–Trinajstić information content (AvgIpc) is 3.34. The van der Waals surface area contributed by atoms with E-state index in [1.807, 2.05) is 0 Å². The Morgan fingerprint density at radius 1 is 1.07 bits per heavy atom. The summed E-state index contributed by atoms with van der Waals surface area (Å²) in [7, 11) is 0. The summed E-state index contributed by atoms with van der Waals surface area (Å²) in [5, 5.41) is 11.5. The minimum Gasteiger partial charge on any atom is -0.391 e. The molecule has 1 aliphatic heterocycles. The first-order valence-corrected chi connectivity index (χ1v) is 11.7. The van der Waals surface area contributed by atoms with Crippen molar-refractivity contribution in [2.45, 2.75) is 83.8 Å². The van der Waals surface area contributed by atoms with Gasteiger partial charge < -0.3 is 10.2 Å². The minimum atomic E-state index is -0.155. The zero-order valence-corrected chi connectivity index (χ0v) is 17.9. The van der Waals surface area contributed by atoms with E-state index in [0.29, 0.717) is 23.5 Å². The molecule has 1 heterocycles. The Morgan fingerprint density at radius 2 is 1.93 bits per heavy atom. The van der Waals surface area contributed by atoms with Crippen molar-refractivity contribution in [1.29, 1.82) is 0 Å². The molecule has 0 radical (unpaired) electrons. The van der Waals surface area contributed by atoms with Crippen molar-refractivity contribution < 1.29 is 9.63 Å². The first kappa shape index (κ1) is 19.7. The van der Waals surface area contributed by atoms with Gasteiger partial charge in [-0.15, -0.1) is 0 Å². The van der Waals surface area contributed by atoms with E-state index in [9.17, 15) is 9.70 Å². The van der Waals surface area contributed by atoms with Gasteiger partial charge in [0.25, 0.3) is 0 Å². The van der Waals surface area contributed by atoms with E-state index < -0.39 is 0 Å². The second kappa shape index (κ2) is 7.14. The topological polar surface area (TPSA) is 80.1 Å². The highest BCUT2D eigenvalue weighted by Gasteiger charge is 2.62. The maximum atomic E-state index is 12.6. The maximum absolute atomic E-state index is 12.6. The summed E-state index contributed by atoms with van der Waals surface area (Å²) < 4.78 is 0. The van der Waals surface area contributed by atoms with Crippen molar-refractivity contribution in [2.24, 2.45) is 44.8 Å². The Hall–Kier alpha value is -1.30. The summed E-state index contributed by atoms with van der Waals surface area (Å²) in [6.45, 7) is 6.48. The van der Waals surface area contributed by atoms with Crippen LogP contribution in [0.25, 0.3) is 0 Å². The molecule has 1 N–H and O–H groups in total. The highest BCUT2D eigenvalue weighted by Crippen LogP contribution is 2.65. The van der Waals surface area contributed by atoms with Gasteiger partial charge in [-0.05, 0) is 80.6 Å². The zero-order valence-electron chi connectivity index (χ0n) is 17.9. The third-order valence-corrected chi connectivity index (χ3v) is 9.71. The molecule has 0 bridgehead atoms. The standard InChI is InChI=1S/C23H35N3O3/c1-22-8-5-14(26-29-15-7-10-24-13-15)11-19(22)20(25-28)12-16-17-3-4-21(27)23(17,2)9-6-18(16)22/h15-20,24H,3-13H2,1-2H3/t15-,16+,17+,18+,19?,20?,22-,23+/m1/s1. The molecule has 0 spiro atoms. The van der Waals surface area contributed by atoms with Crippen LogP contribution < -0.4 is 5.32 Å². The summed E-state index contributed by atoms with van der Waals surface area (Å²) >= 11 is 0. The van der Waals surface area contributed by atoms with Crippen LogP contribution in [0.1, 0.15) is 71.6 Å². The molecule has 5 aliphatic rings. The molecule has 1 saturated heterocycles. The van der Waals surface area contributed by atoms with Gasteiger partial charge in [-0.2, -0.15) is 4.91 Å². The van der Waals surface area contributed by atoms with E-state index in [4.69, 9.17) is 4.84 Å². The molecular weight excluding hydrogens is 366 g/mol. The zero-order chi connectivity index (χ0) is 20.2. The van der Waals surface area contributed by atoms with Crippen molar-refractivity contribution in [1.82, 2.24) is 5.32 Å². The van der Waals surface area contributed by atoms with Gasteiger partial charge in [-0.25, -0.2) is 0 Å². The van der Waals surface area contributed by atoms with Crippen LogP contribution in [0.15, 0.2) is 10.3 Å². The second-order valence-electron chi connectivity index (χ2n) is 10.9. The normalized spacial score (nSPS) is 50.7. The van der Waals surface area contributed by atoms with Gasteiger partial charge in [0.15, 0.2) is 0 Å². The lowest BCUT2D eigenvalue weighted by Crippen LogP contribution is -2.57. The van der Waals surface area contributed by atoms with Gasteiger partial charge in [-0.3, -0.25) is 4.79 Å². The van der Waals surface area contributed by atoms with E-state index in [1.165, 1.54) is 0 Å². The highest BCUT2D eigenvalue weighted by molar-refractivity contribution is 5.87. The first-order chi connectivity index (χ1) is 14.0. The molecule has 4 saturated carbocycles. The van der Waals surface area contributed by atoms with Crippen LogP contribution in [0.3, 0.4) is 0 Å². The molecule has 6 heteroatoms. The quantitative estimate of drug-likeness (QED) is 0.571. The molecule has 0 aromatic rings. The Bertz CT molecular complexity index is 718. The van der Waals surface area contributed by atoms with E-state index in [1.54, 1.807) is 0 Å². The number of oxime groups is 1. The summed E-state index contributed by atoms with van der Waals surface area (Å²) in [6.07, 6.45) is 8.82. The molecule has 0 aromatic carbocycles. The number of hydrogen-bond acceptors (Lipinski definition) is 6. The van der Waals surface area contributed by atoms with Crippen LogP contribution in [0.5, 0.6) is 0 Å². The number of carbonyl (C=O) groups excluding carboxylic acids is 1. The first-order valence-electron chi connectivity index (χ1n) is 11.7. The van der Waals surface area contributed by atoms with Crippen LogP contribution in [0.4, 0.5) is 0 Å². The van der Waals surface area contributed by atoms with Crippen molar-refractivity contribution in [3.8, 4) is 0 Å². The Kier molecular flexibility index (Phi) is 4.84. The number of fused-ring (bicyclic) bond motifs is 5. The SMILES string of the molecule is C[C@]12CCC(=NO[C@@H]3CCNC3)CC1C(N=O)C[C@@H]1[C@@H]2CC[C@]2(C)C(=O)CC[C@@H]12. The predicted octanol–water partition coefficient (Wildman–Crippen LogP) is 4.08. The van der Waals surface area contributed by atoms with Crippen molar-refractivity contribution >= 4 is 11.5 Å². The van der Waals surface area contributed by atoms with Crippen molar-refractivity contribution in [3.63, 3.8) is 0 Å². The summed E-state index contributed by atoms with van der Waals surface area (Å²) in [5.74, 6) is 2.25. The fourth-order valence-electron chi connectivity index (χ4n) is 7.94. The number of ketones is 1. The molecule has 0 amide bonds. The largest absolute Gasteiger partial charge is 0.391 e. The van der Waals surface area contributed by atoms with Crippen molar-refractivity contribution in [2.75, 3.05) is 13.1 Å². The predicted molar refractivity (Wildman–Crippen MR) is 111 cm³/mol. The van der Waals surface area contributed by atoms with Gasteiger partial charge in [0.1, 0.15) is 11.9 Å². The lowest BCUT2D eigenvalue weighted by atomic mass is 9.44. The van der Waals surface area contributed by atoms with Crippen LogP contribution >= 0.6 is 0 Å². The van der Waals surface area contributed by atoms with E-state index in [2.05, 4.69) is 29.5 Å². The van der Waals surface area contributed by atoms with Gasteiger partial charge in [-0.1, -0.05) is 24.2 Å². The molecule has 6 nitrogen and oxygen atoms in total. The van der Waals surface area contributed by atoms with E-state index in [0.717, 1.165) is 76.6 Å². The highest BCUT2D eigenvalue weighted by atomic mass is 16.6. The summed E-state index contributed by atoms with van der Waals surface area (Å²) in [6, 6.07) is -0.155. The van der Waals surface area contributed by atoms with Crippen LogP contribution in [0, 0.1) is 39.4 Å². The third-order valence-electron chi connectivity index (χ3n) is 9.71. The lowest BCUT2D eigenvalue weighted by molar-refractivity contribution is -0.138. The fraction of sp³-hybridized carbons (Fsp3) is 0.913. The summed E-state index contributed by atoms with van der Waals surface area (Å²) in [4.78, 5) is 30.4. The molecule has 4 aliphatic carbocycles. The molecular formula is C23H35N3O3. The van der Waals surface area contributed by atoms with Gasteiger partial charge in [0.2, 0.25) is 0 Å². The molecule has 29 heavy (non-hydrogen) atoms. The average molecular weight is 402 g/mol. The van der Waals surface area contributed by atoms with E-state index >= 15 is 0 Å². The Balaban J connectivity index is 1.37. The van der Waals surface area contributed by atoms with Crippen LogP contribution in [0.2, 0.25) is 0 Å². The number of Topliss-reactive ketones (excluding diaryl/α,β-unsaturated/α-hetero) is 1. The number of carbonyl (C=O) groups is 1. The maximum Gasteiger partial charge on any atom is 0.141 e. The molecule has 160 valence electrons. The molecule has 0 aromatic heterocycles. The fourth-order valence-corrected chi connectivity index (χ4v) is 7.94. The summed E-state index contributed by atoms with van der Waals surface area (Å²) in [5.41, 5.74) is 1.09. The smallest absolute Gasteiger partial charge is 0.141 e. The molecule has 2 unspecified atom stereocenters. The van der Waals surface area contributed by atoms with Gasteiger partial charge >= 0.3 is 0 Å². The number of rotatable bonds is 3. The monoisotopic (exact) mass is 401 g/mol. The van der Waals surface area contributed by atoms with Crippen LogP contribution in [-0.2, 0) is 9.63 Å². The minimum absolute atomic E-state index is 0.127. The Labute approximate surface area is 173 Å². The number of hydrogen-bond donors (Lipinski definition) is 1. The second-order valence-corrected chi connectivity index (χ2v) is 10.9. The molecule has 5 fully saturated rings. The van der Waals surface area contributed by atoms with Crippen molar-refractivity contribution in [3.05, 3.63) is 4.91 Å². The lowest BCUT2D eigenvalue weighted by Gasteiger charge is -2.60. The number of nitrogens with one attached hydrogen (secondary N) is 1. The third kappa shape index (κ3) is 3.00. The number of nitrogens with zero attached hydrogens (tertiary/aromatic N) is 2. The van der Waals surface area contributed by atoms with Crippen LogP contribution in [-0.4, -0.2) is 36.7 Å². The molecule has 8 atom stereocenters. The number of nitroso groups, excluding NO2 is 1. The van der Waals surface area contributed by atoms with E-state index in [-0.39, 0.29) is 28.9 Å². The molecule has 5 rings (SSSR count). The van der Waals surface area contributed by atoms with Gasteiger partial charge in [0.05, 0.1) is 11.8 Å². The Morgan fingerprint density at radius 3 is 2.69 bits per heavy atom.